The normalized spacial score (nSPS) is 11.7. The summed E-state index contributed by atoms with van der Waals surface area (Å²) in [5, 5.41) is 4.40. The van der Waals surface area contributed by atoms with Gasteiger partial charge in [0.05, 0.1) is 11.1 Å². The van der Waals surface area contributed by atoms with E-state index in [-0.39, 0.29) is 61.5 Å². The van der Waals surface area contributed by atoms with Gasteiger partial charge < -0.3 is 45.1 Å². The molecule has 6 aromatic carbocycles. The number of fused-ring (bicyclic) bond motifs is 2. The standard InChI is InChI=1S/2C20H18F3.C3H6.2ClH.Hf/c2*1-19(2,3)16-11-14-5-4-6-17(18(14)12-16)13-7-9-15(10-8-13)20(21,22)23;1-3-2;;;/h2*4-12H,1-3H3;1-3H2;2*1H;/q2*-1;-2;;;/p-2. The molecule has 6 rings (SSSR count). The first-order chi connectivity index (χ1) is 22.7. The molecule has 9 heteroatoms. The number of hydrogen-bond donors (Lipinski definition) is 0. The molecule has 0 amide bonds. The second kappa shape index (κ2) is 18.4. The number of benzene rings is 4. The van der Waals surface area contributed by atoms with Crippen molar-refractivity contribution in [1.82, 2.24) is 0 Å². The average molecular weight is 922 g/mol. The quantitative estimate of drug-likeness (QED) is 0.0936. The molecule has 6 aromatic rings. The first kappa shape index (κ1) is 47.2. The summed E-state index contributed by atoms with van der Waals surface area (Å²) in [6.07, 6.45) is -7.85. The maximum Gasteiger partial charge on any atom is 0.416 e. The number of rotatable bonds is 2. The summed E-state index contributed by atoms with van der Waals surface area (Å²) in [5.74, 6) is 0. The van der Waals surface area contributed by atoms with Gasteiger partial charge in [0.25, 0.3) is 0 Å². The third-order valence-corrected chi connectivity index (χ3v) is 8.28. The minimum atomic E-state index is -4.30. The third kappa shape index (κ3) is 11.6. The summed E-state index contributed by atoms with van der Waals surface area (Å²) in [5.41, 5.74) is 4.83. The van der Waals surface area contributed by atoms with Crippen LogP contribution >= 0.6 is 0 Å². The van der Waals surface area contributed by atoms with Crippen molar-refractivity contribution in [1.29, 1.82) is 0 Å². The summed E-state index contributed by atoms with van der Waals surface area (Å²) >= 11 is 0. The van der Waals surface area contributed by atoms with Gasteiger partial charge in [-0.05, 0) is 46.2 Å². The molecule has 0 fully saturated rings. The van der Waals surface area contributed by atoms with Crippen molar-refractivity contribution < 1.29 is 77.0 Å². The molecule has 0 aliphatic carbocycles. The molecule has 0 aliphatic rings. The molecule has 0 spiro atoms. The van der Waals surface area contributed by atoms with Crippen molar-refractivity contribution in [2.45, 2.75) is 71.1 Å². The van der Waals surface area contributed by atoms with E-state index < -0.39 is 23.5 Å². The van der Waals surface area contributed by atoms with Crippen LogP contribution in [0.4, 0.5) is 26.3 Å². The van der Waals surface area contributed by atoms with Crippen LogP contribution in [0.3, 0.4) is 0 Å². The largest absolute Gasteiger partial charge is 1.00 e. The predicted octanol–water partition coefficient (Wildman–Crippen LogP) is 8.13. The first-order valence-corrected chi connectivity index (χ1v) is 16.1. The Labute approximate surface area is 335 Å². The van der Waals surface area contributed by atoms with Crippen molar-refractivity contribution in [3.63, 3.8) is 0 Å². The van der Waals surface area contributed by atoms with Gasteiger partial charge in [0.1, 0.15) is 0 Å². The molecule has 0 bridgehead atoms. The summed E-state index contributed by atoms with van der Waals surface area (Å²) in [7, 11) is 0. The van der Waals surface area contributed by atoms with Gasteiger partial charge in [0.15, 0.2) is 0 Å². The Hall–Kier alpha value is -2.87. The molecular formula is C43H42Cl2F6Hf-6. The molecule has 0 nitrogen and oxygen atoms in total. The van der Waals surface area contributed by atoms with E-state index in [4.69, 9.17) is 0 Å². The summed E-state index contributed by atoms with van der Waals surface area (Å²) in [6.45, 7) is 19.7. The molecule has 0 radical (unpaired) electrons. The van der Waals surface area contributed by atoms with Crippen molar-refractivity contribution in [2.75, 3.05) is 0 Å². The monoisotopic (exact) mass is 922 g/mol. The Bertz CT molecular complexity index is 1840. The van der Waals surface area contributed by atoms with E-state index in [1.807, 2.05) is 36.4 Å². The molecule has 0 saturated heterocycles. The summed E-state index contributed by atoms with van der Waals surface area (Å²) in [6, 6.07) is 31.2. The van der Waals surface area contributed by atoms with E-state index in [1.165, 1.54) is 11.1 Å². The number of halogens is 8. The summed E-state index contributed by atoms with van der Waals surface area (Å²) in [4.78, 5) is 0. The molecule has 0 saturated carbocycles. The van der Waals surface area contributed by atoms with Crippen molar-refractivity contribution in [3.05, 3.63) is 145 Å². The second-order valence-corrected chi connectivity index (χ2v) is 14.1. The fourth-order valence-corrected chi connectivity index (χ4v) is 5.52. The molecule has 280 valence electrons. The van der Waals surface area contributed by atoms with Gasteiger partial charge in [-0.25, -0.2) is 0 Å². The van der Waals surface area contributed by atoms with E-state index in [9.17, 15) is 26.3 Å². The van der Waals surface area contributed by atoms with Crippen LogP contribution in [-0.4, -0.2) is 0 Å². The smallest absolute Gasteiger partial charge is 0.416 e. The van der Waals surface area contributed by atoms with Crippen molar-refractivity contribution >= 4 is 21.5 Å². The van der Waals surface area contributed by atoms with Gasteiger partial charge in [-0.3, -0.25) is 0 Å². The molecule has 0 heterocycles. The Morgan fingerprint density at radius 3 is 1.04 bits per heavy atom. The third-order valence-electron chi connectivity index (χ3n) is 8.28. The first-order valence-electron chi connectivity index (χ1n) is 16.1. The number of hydrogen-bond acceptors (Lipinski definition) is 0. The molecule has 0 N–H and O–H groups in total. The zero-order valence-electron chi connectivity index (χ0n) is 30.0. The van der Waals surface area contributed by atoms with Crippen LogP contribution in [0.15, 0.2) is 109 Å². The van der Waals surface area contributed by atoms with Crippen LogP contribution in [-0.2, 0) is 49.0 Å². The van der Waals surface area contributed by atoms with Crippen molar-refractivity contribution in [3.8, 4) is 22.3 Å². The Balaban J connectivity index is 0.000000459. The van der Waals surface area contributed by atoms with Gasteiger partial charge in [-0.15, -0.1) is 69.1 Å². The average Bonchev–Trinajstić information content (AvgIpc) is 3.67. The maximum absolute atomic E-state index is 12.7. The fraction of sp³-hybridized carbons (Fsp3) is 0.256. The van der Waals surface area contributed by atoms with Crippen LogP contribution < -0.4 is 24.8 Å². The van der Waals surface area contributed by atoms with Gasteiger partial charge in [0, 0.05) is 25.8 Å². The van der Waals surface area contributed by atoms with Crippen LogP contribution in [0.5, 0.6) is 0 Å². The molecule has 0 atom stereocenters. The van der Waals surface area contributed by atoms with Gasteiger partial charge in [-0.1, -0.05) is 89.1 Å². The van der Waals surface area contributed by atoms with Crippen LogP contribution in [0.2, 0.25) is 0 Å². The summed E-state index contributed by atoms with van der Waals surface area (Å²) < 4.78 is 76.3. The topological polar surface area (TPSA) is 0 Å². The zero-order valence-corrected chi connectivity index (χ0v) is 35.1. The van der Waals surface area contributed by atoms with E-state index in [1.54, 1.807) is 24.3 Å². The zero-order chi connectivity index (χ0) is 36.4. The van der Waals surface area contributed by atoms with Crippen LogP contribution in [0.25, 0.3) is 43.8 Å². The minimum Gasteiger partial charge on any atom is -1.00 e. The molecule has 52 heavy (non-hydrogen) atoms. The Kier molecular flexibility index (Phi) is 16.7. The van der Waals surface area contributed by atoms with E-state index in [0.717, 1.165) is 74.5 Å². The minimum absolute atomic E-state index is 0. The predicted molar refractivity (Wildman–Crippen MR) is 193 cm³/mol. The van der Waals surface area contributed by atoms with E-state index in [0.29, 0.717) is 0 Å². The molecule has 0 aliphatic heterocycles. The van der Waals surface area contributed by atoms with Gasteiger partial charge in [-0.2, -0.15) is 38.5 Å². The Morgan fingerprint density at radius 1 is 0.500 bits per heavy atom. The van der Waals surface area contributed by atoms with E-state index >= 15 is 0 Å². The number of alkyl halides is 6. The fourth-order valence-electron chi connectivity index (χ4n) is 5.52. The molecule has 0 unspecified atom stereocenters. The van der Waals surface area contributed by atoms with E-state index in [2.05, 4.69) is 79.7 Å². The molecule has 0 aromatic heterocycles. The van der Waals surface area contributed by atoms with Gasteiger partial charge in [0.2, 0.25) is 0 Å². The van der Waals surface area contributed by atoms with Gasteiger partial charge >= 0.3 is 12.4 Å². The molecular weight excluding hydrogens is 880 g/mol. The maximum atomic E-state index is 12.7. The Morgan fingerprint density at radius 2 is 0.788 bits per heavy atom. The second-order valence-electron chi connectivity index (χ2n) is 14.1. The SMILES string of the molecule is CC(C)(C)c1cc2c(-c3ccc(C(F)(F)F)cc3)cccc2[cH-]1.CC(C)(C)c1cc2c(-c3ccc(C(F)(F)F)cc3)cccc2[cH-]1.[CH2-]C[CH2-].[Cl-].[Cl-].[Hf]. The van der Waals surface area contributed by atoms with Crippen LogP contribution in [0, 0.1) is 13.8 Å². The van der Waals surface area contributed by atoms with Crippen LogP contribution in [0.1, 0.15) is 70.2 Å². The van der Waals surface area contributed by atoms with Crippen molar-refractivity contribution in [2.24, 2.45) is 0 Å².